The van der Waals surface area contributed by atoms with E-state index in [-0.39, 0.29) is 12.5 Å². The summed E-state index contributed by atoms with van der Waals surface area (Å²) in [6, 6.07) is 5.98. The van der Waals surface area contributed by atoms with Crippen LogP contribution in [0.5, 0.6) is 0 Å². The highest BCUT2D eigenvalue weighted by Gasteiger charge is 2.15. The summed E-state index contributed by atoms with van der Waals surface area (Å²) < 4.78 is 6.16. The van der Waals surface area contributed by atoms with Crippen molar-refractivity contribution in [2.24, 2.45) is 0 Å². The number of carbonyl (C=O) groups is 1. The number of hydrogen-bond donors (Lipinski definition) is 3. The first kappa shape index (κ1) is 15.8. The molecule has 0 bridgehead atoms. The Kier molecular flexibility index (Phi) is 5.55. The average molecular weight is 308 g/mol. The molecule has 0 aliphatic heterocycles. The Morgan fingerprint density at radius 3 is 3.00 bits per heavy atom. The number of aliphatic hydroxyl groups is 1. The maximum atomic E-state index is 12.1. The number of rotatable bonds is 7. The molecule has 0 aliphatic carbocycles. The largest absolute Gasteiger partial charge is 0.397 e. The number of nitrogens with two attached hydrogens (primary N) is 1. The molecule has 4 N–H and O–H groups in total. The highest BCUT2D eigenvalue weighted by molar-refractivity contribution is 7.21. The van der Waals surface area contributed by atoms with Crippen molar-refractivity contribution in [2.45, 2.75) is 13.3 Å². The summed E-state index contributed by atoms with van der Waals surface area (Å²) >= 11 is 1.42. The average Bonchev–Trinajstić information content (AvgIpc) is 2.79. The van der Waals surface area contributed by atoms with Crippen LogP contribution in [-0.4, -0.2) is 37.4 Å². The van der Waals surface area contributed by atoms with Gasteiger partial charge in [-0.25, -0.2) is 0 Å². The van der Waals surface area contributed by atoms with Crippen LogP contribution in [0.25, 0.3) is 10.1 Å². The number of aryl methyl sites for hydroxylation is 1. The second-order valence-corrected chi connectivity index (χ2v) is 5.84. The van der Waals surface area contributed by atoms with E-state index in [1.54, 1.807) is 0 Å². The number of amides is 1. The predicted molar refractivity (Wildman–Crippen MR) is 85.8 cm³/mol. The van der Waals surface area contributed by atoms with Crippen LogP contribution in [0.1, 0.15) is 21.7 Å². The molecule has 0 atom stereocenters. The van der Waals surface area contributed by atoms with E-state index in [4.69, 9.17) is 15.6 Å². The third-order valence-corrected chi connectivity index (χ3v) is 4.24. The van der Waals surface area contributed by atoms with Gasteiger partial charge in [-0.05, 0) is 25.0 Å². The molecule has 6 heteroatoms. The lowest BCUT2D eigenvalue weighted by Crippen LogP contribution is -2.25. The van der Waals surface area contributed by atoms with Gasteiger partial charge in [-0.3, -0.25) is 4.79 Å². The van der Waals surface area contributed by atoms with Crippen LogP contribution < -0.4 is 11.1 Å². The summed E-state index contributed by atoms with van der Waals surface area (Å²) in [4.78, 5) is 12.7. The van der Waals surface area contributed by atoms with E-state index in [2.05, 4.69) is 5.32 Å². The minimum atomic E-state index is -0.145. The lowest BCUT2D eigenvalue weighted by atomic mass is 10.1. The van der Waals surface area contributed by atoms with E-state index in [1.807, 2.05) is 25.1 Å². The van der Waals surface area contributed by atoms with E-state index in [0.29, 0.717) is 36.7 Å². The van der Waals surface area contributed by atoms with Gasteiger partial charge in [-0.1, -0.05) is 12.1 Å². The standard InChI is InChI=1S/C15H20N2O3S/c1-10-3-4-11-12(9-10)21-14(13(11)16)15(19)17-5-2-7-20-8-6-18/h3-4,9,18H,2,5-8,16H2,1H3,(H,17,19). The maximum Gasteiger partial charge on any atom is 0.263 e. The number of hydrogen-bond acceptors (Lipinski definition) is 5. The van der Waals surface area contributed by atoms with Gasteiger partial charge in [0, 0.05) is 23.2 Å². The van der Waals surface area contributed by atoms with Crippen LogP contribution in [-0.2, 0) is 4.74 Å². The number of ether oxygens (including phenoxy) is 1. The summed E-state index contributed by atoms with van der Waals surface area (Å²) in [7, 11) is 0. The molecule has 1 heterocycles. The summed E-state index contributed by atoms with van der Waals surface area (Å²) in [5.74, 6) is -0.145. The lowest BCUT2D eigenvalue weighted by molar-refractivity contribution is 0.0869. The first-order chi connectivity index (χ1) is 10.1. The number of aliphatic hydroxyl groups excluding tert-OH is 1. The molecule has 0 unspecified atom stereocenters. The fraction of sp³-hybridized carbons (Fsp3) is 0.400. The molecule has 0 radical (unpaired) electrons. The topological polar surface area (TPSA) is 84.6 Å². The Morgan fingerprint density at radius 1 is 1.43 bits per heavy atom. The van der Waals surface area contributed by atoms with Crippen molar-refractivity contribution in [1.82, 2.24) is 5.32 Å². The monoisotopic (exact) mass is 308 g/mol. The molecule has 21 heavy (non-hydrogen) atoms. The van der Waals surface area contributed by atoms with E-state index >= 15 is 0 Å². The molecule has 5 nitrogen and oxygen atoms in total. The van der Waals surface area contributed by atoms with Crippen LogP contribution in [0, 0.1) is 6.92 Å². The van der Waals surface area contributed by atoms with E-state index in [9.17, 15) is 4.79 Å². The van der Waals surface area contributed by atoms with Crippen molar-refractivity contribution < 1.29 is 14.6 Å². The summed E-state index contributed by atoms with van der Waals surface area (Å²) in [6.45, 7) is 3.40. The highest BCUT2D eigenvalue weighted by atomic mass is 32.1. The van der Waals surface area contributed by atoms with Gasteiger partial charge in [0.15, 0.2) is 0 Å². The Labute approximate surface area is 127 Å². The van der Waals surface area contributed by atoms with Crippen molar-refractivity contribution in [2.75, 3.05) is 32.1 Å². The van der Waals surface area contributed by atoms with Gasteiger partial charge in [0.05, 0.1) is 18.9 Å². The van der Waals surface area contributed by atoms with E-state index < -0.39 is 0 Å². The number of nitrogen functional groups attached to an aromatic ring is 1. The zero-order chi connectivity index (χ0) is 15.2. The fourth-order valence-electron chi connectivity index (χ4n) is 2.02. The molecule has 0 saturated heterocycles. The molecule has 0 aliphatic rings. The Morgan fingerprint density at radius 2 is 2.24 bits per heavy atom. The fourth-order valence-corrected chi connectivity index (χ4v) is 3.15. The Hall–Kier alpha value is -1.63. The molecule has 1 aromatic heterocycles. The minimum Gasteiger partial charge on any atom is -0.397 e. The van der Waals surface area contributed by atoms with Crippen LogP contribution in [0.15, 0.2) is 18.2 Å². The van der Waals surface area contributed by atoms with Crippen molar-refractivity contribution in [3.63, 3.8) is 0 Å². The number of carbonyl (C=O) groups excluding carboxylic acids is 1. The minimum absolute atomic E-state index is 0.0180. The van der Waals surface area contributed by atoms with Gasteiger partial charge in [-0.2, -0.15) is 0 Å². The van der Waals surface area contributed by atoms with Crippen molar-refractivity contribution in [1.29, 1.82) is 0 Å². The summed E-state index contributed by atoms with van der Waals surface area (Å²) in [6.07, 6.45) is 0.704. The molecule has 0 spiro atoms. The third-order valence-electron chi connectivity index (χ3n) is 3.08. The Bertz CT molecular complexity index is 625. The van der Waals surface area contributed by atoms with Crippen LogP contribution in [0.4, 0.5) is 5.69 Å². The van der Waals surface area contributed by atoms with Crippen molar-refractivity contribution >= 4 is 33.0 Å². The molecular formula is C15H20N2O3S. The first-order valence-electron chi connectivity index (χ1n) is 6.89. The van der Waals surface area contributed by atoms with Crippen LogP contribution in [0.2, 0.25) is 0 Å². The first-order valence-corrected chi connectivity index (χ1v) is 7.70. The second kappa shape index (κ2) is 7.40. The van der Waals surface area contributed by atoms with Gasteiger partial charge in [0.2, 0.25) is 0 Å². The summed E-state index contributed by atoms with van der Waals surface area (Å²) in [5, 5.41) is 12.3. The maximum absolute atomic E-state index is 12.1. The zero-order valence-electron chi connectivity index (χ0n) is 12.0. The molecule has 114 valence electrons. The normalized spacial score (nSPS) is 11.0. The number of nitrogens with one attached hydrogen (secondary N) is 1. The number of benzene rings is 1. The highest BCUT2D eigenvalue weighted by Crippen LogP contribution is 2.34. The quantitative estimate of drug-likeness (QED) is 0.682. The summed E-state index contributed by atoms with van der Waals surface area (Å²) in [5.41, 5.74) is 7.75. The van der Waals surface area contributed by atoms with Crippen molar-refractivity contribution in [3.05, 3.63) is 28.6 Å². The van der Waals surface area contributed by atoms with Crippen molar-refractivity contribution in [3.8, 4) is 0 Å². The molecule has 1 amide bonds. The van der Waals surface area contributed by atoms with Gasteiger partial charge in [-0.15, -0.1) is 11.3 Å². The van der Waals surface area contributed by atoms with Gasteiger partial charge < -0.3 is 20.9 Å². The Balaban J connectivity index is 1.95. The molecule has 0 fully saturated rings. The zero-order valence-corrected chi connectivity index (χ0v) is 12.8. The van der Waals surface area contributed by atoms with Crippen LogP contribution in [0.3, 0.4) is 0 Å². The van der Waals surface area contributed by atoms with Gasteiger partial charge in [0.1, 0.15) is 4.88 Å². The molecule has 2 rings (SSSR count). The SMILES string of the molecule is Cc1ccc2c(N)c(C(=O)NCCCOCCO)sc2c1. The number of thiophene rings is 1. The molecular weight excluding hydrogens is 288 g/mol. The smallest absolute Gasteiger partial charge is 0.263 e. The number of anilines is 1. The van der Waals surface area contributed by atoms with E-state index in [1.165, 1.54) is 11.3 Å². The third kappa shape index (κ3) is 3.93. The molecule has 0 saturated carbocycles. The van der Waals surface area contributed by atoms with Gasteiger partial charge >= 0.3 is 0 Å². The number of fused-ring (bicyclic) bond motifs is 1. The molecule has 1 aromatic carbocycles. The predicted octanol–water partition coefficient (Wildman–Crippen LogP) is 1.92. The van der Waals surface area contributed by atoms with Gasteiger partial charge in [0.25, 0.3) is 5.91 Å². The van der Waals surface area contributed by atoms with E-state index in [0.717, 1.165) is 15.6 Å². The van der Waals surface area contributed by atoms with Crippen LogP contribution >= 0.6 is 11.3 Å². The molecule has 2 aromatic rings. The lowest BCUT2D eigenvalue weighted by Gasteiger charge is -2.05. The second-order valence-electron chi connectivity index (χ2n) is 4.79.